The average Bonchev–Trinajstić information content (AvgIpc) is 2.71. The van der Waals surface area contributed by atoms with Gasteiger partial charge in [0, 0.05) is 30.5 Å². The summed E-state index contributed by atoms with van der Waals surface area (Å²) in [5.41, 5.74) is 2.04. The number of rotatable bonds is 4. The molecule has 0 radical (unpaired) electrons. The van der Waals surface area contributed by atoms with Gasteiger partial charge in [-0.15, -0.1) is 0 Å². The summed E-state index contributed by atoms with van der Waals surface area (Å²) >= 11 is 13.2. The lowest BCUT2D eigenvalue weighted by Gasteiger charge is -2.25. The highest BCUT2D eigenvalue weighted by Crippen LogP contribution is 2.33. The summed E-state index contributed by atoms with van der Waals surface area (Å²) in [4.78, 5) is 19.8. The normalized spacial score (nSPS) is 14.8. The predicted molar refractivity (Wildman–Crippen MR) is 120 cm³/mol. The first-order chi connectivity index (χ1) is 14.0. The third kappa shape index (κ3) is 3.63. The third-order valence-corrected chi connectivity index (χ3v) is 5.55. The molecule has 1 N–H and O–H groups in total. The van der Waals surface area contributed by atoms with E-state index >= 15 is 0 Å². The van der Waals surface area contributed by atoms with Crippen LogP contribution >= 0.6 is 23.2 Å². The lowest BCUT2D eigenvalue weighted by atomic mass is 10.1. The topological polar surface area (TPSA) is 49.6 Å². The van der Waals surface area contributed by atoms with Crippen molar-refractivity contribution in [2.45, 2.75) is 13.0 Å². The van der Waals surface area contributed by atoms with Crippen molar-refractivity contribution < 1.29 is 0 Å². The summed E-state index contributed by atoms with van der Waals surface area (Å²) in [7, 11) is 1.95. The fourth-order valence-electron chi connectivity index (χ4n) is 3.57. The van der Waals surface area contributed by atoms with Crippen molar-refractivity contribution in [3.63, 3.8) is 0 Å². The quantitative estimate of drug-likeness (QED) is 0.653. The molecule has 0 aliphatic carbocycles. The van der Waals surface area contributed by atoms with Gasteiger partial charge in [0.05, 0.1) is 32.9 Å². The van der Waals surface area contributed by atoms with Crippen LogP contribution in [0.5, 0.6) is 0 Å². The lowest BCUT2D eigenvalue weighted by Crippen LogP contribution is -2.31. The second-order valence-corrected chi connectivity index (χ2v) is 7.78. The number of hydrogen-bond donors (Lipinski definition) is 1. The van der Waals surface area contributed by atoms with E-state index in [1.165, 1.54) is 0 Å². The zero-order chi connectivity index (χ0) is 20.5. The summed E-state index contributed by atoms with van der Waals surface area (Å²) < 4.78 is 1.64. The van der Waals surface area contributed by atoms with Gasteiger partial charge in [-0.05, 0) is 25.1 Å². The molecule has 0 saturated carbocycles. The van der Waals surface area contributed by atoms with E-state index in [-0.39, 0.29) is 11.6 Å². The molecule has 1 atom stereocenters. The maximum Gasteiger partial charge on any atom is 0.264 e. The zero-order valence-electron chi connectivity index (χ0n) is 16.1. The molecule has 0 fully saturated rings. The maximum absolute atomic E-state index is 13.5. The van der Waals surface area contributed by atoms with Crippen LogP contribution in [-0.2, 0) is 0 Å². The highest BCUT2D eigenvalue weighted by atomic mass is 35.5. The summed E-state index contributed by atoms with van der Waals surface area (Å²) in [5.74, 6) is 0. The van der Waals surface area contributed by atoms with Gasteiger partial charge >= 0.3 is 0 Å². The molecular weight excluding hydrogens is 407 g/mol. The van der Waals surface area contributed by atoms with Crippen molar-refractivity contribution in [3.05, 3.63) is 86.5 Å². The van der Waals surface area contributed by atoms with Crippen LogP contribution < -0.4 is 10.9 Å². The molecule has 4 rings (SSSR count). The maximum atomic E-state index is 13.5. The van der Waals surface area contributed by atoms with Gasteiger partial charge in [0.1, 0.15) is 6.67 Å². The SMILES string of the molecule is C[C@H](NC1=CN(C)CN=C1)c1c(Cl)c2cccc(Cl)c2c(=O)n1-c1ccccc1. The van der Waals surface area contributed by atoms with Crippen molar-refractivity contribution >= 4 is 40.2 Å². The molecule has 5 nitrogen and oxygen atoms in total. The van der Waals surface area contributed by atoms with Gasteiger partial charge in [-0.3, -0.25) is 14.4 Å². The highest BCUT2D eigenvalue weighted by molar-refractivity contribution is 6.40. The van der Waals surface area contributed by atoms with Crippen LogP contribution in [0.3, 0.4) is 0 Å². The van der Waals surface area contributed by atoms with Crippen molar-refractivity contribution in [2.75, 3.05) is 13.7 Å². The van der Waals surface area contributed by atoms with E-state index in [0.717, 1.165) is 11.4 Å². The van der Waals surface area contributed by atoms with Gasteiger partial charge in [0.25, 0.3) is 5.56 Å². The molecule has 2 heterocycles. The van der Waals surface area contributed by atoms with Crippen molar-refractivity contribution in [3.8, 4) is 5.69 Å². The van der Waals surface area contributed by atoms with Gasteiger partial charge in [-0.25, -0.2) is 0 Å². The predicted octanol–water partition coefficient (Wildman–Crippen LogP) is 4.76. The van der Waals surface area contributed by atoms with E-state index in [1.807, 2.05) is 61.5 Å². The number of benzene rings is 2. The first-order valence-electron chi connectivity index (χ1n) is 9.24. The minimum absolute atomic E-state index is 0.201. The molecule has 29 heavy (non-hydrogen) atoms. The largest absolute Gasteiger partial charge is 0.375 e. The number of para-hydroxylation sites is 1. The second kappa shape index (κ2) is 7.93. The Labute approximate surface area is 178 Å². The van der Waals surface area contributed by atoms with Crippen LogP contribution in [0, 0.1) is 0 Å². The molecule has 148 valence electrons. The fourth-order valence-corrected chi connectivity index (χ4v) is 4.23. The van der Waals surface area contributed by atoms with E-state index in [1.54, 1.807) is 22.9 Å². The standard InChI is InChI=1S/C22H20Cl2N4O/c1-14(26-15-11-25-13-27(2)12-15)21-20(24)17-9-6-10-18(23)19(17)22(29)28(21)16-7-4-3-5-8-16/h3-12,14,26H,13H2,1-2H3/t14-/m0/s1. The Morgan fingerprint density at radius 1 is 1.10 bits per heavy atom. The van der Waals surface area contributed by atoms with Gasteiger partial charge in [0.15, 0.2) is 0 Å². The van der Waals surface area contributed by atoms with Gasteiger partial charge in [-0.2, -0.15) is 0 Å². The van der Waals surface area contributed by atoms with Crippen LogP contribution in [0.2, 0.25) is 10.0 Å². The number of fused-ring (bicyclic) bond motifs is 1. The van der Waals surface area contributed by atoms with Crippen LogP contribution in [0.4, 0.5) is 0 Å². The Hall–Kier alpha value is -2.76. The van der Waals surface area contributed by atoms with E-state index in [0.29, 0.717) is 33.2 Å². The van der Waals surface area contributed by atoms with Crippen molar-refractivity contribution in [1.82, 2.24) is 14.8 Å². The number of aliphatic imine (C=N–C) groups is 1. The number of allylic oxidation sites excluding steroid dienone is 1. The average molecular weight is 427 g/mol. The number of hydrogen-bond acceptors (Lipinski definition) is 4. The molecule has 0 spiro atoms. The molecule has 0 unspecified atom stereocenters. The molecule has 7 heteroatoms. The molecule has 1 aliphatic heterocycles. The first kappa shape index (κ1) is 19.6. The number of pyridine rings is 1. The fraction of sp³-hybridized carbons (Fsp3) is 0.182. The Balaban J connectivity index is 1.96. The summed E-state index contributed by atoms with van der Waals surface area (Å²) in [6.07, 6.45) is 3.76. The molecule has 3 aromatic rings. The van der Waals surface area contributed by atoms with Gasteiger partial charge < -0.3 is 10.2 Å². The zero-order valence-corrected chi connectivity index (χ0v) is 17.6. The first-order valence-corrected chi connectivity index (χ1v) is 9.99. The summed E-state index contributed by atoms with van der Waals surface area (Å²) in [5, 5.41) is 5.35. The number of aromatic nitrogens is 1. The van der Waals surface area contributed by atoms with Gasteiger partial charge in [0.2, 0.25) is 0 Å². The Morgan fingerprint density at radius 2 is 1.86 bits per heavy atom. The second-order valence-electron chi connectivity index (χ2n) is 7.00. The summed E-state index contributed by atoms with van der Waals surface area (Å²) in [6, 6.07) is 14.5. The summed E-state index contributed by atoms with van der Waals surface area (Å²) in [6.45, 7) is 2.59. The van der Waals surface area contributed by atoms with E-state index < -0.39 is 0 Å². The van der Waals surface area contributed by atoms with Crippen molar-refractivity contribution in [2.24, 2.45) is 4.99 Å². The number of nitrogens with zero attached hydrogens (tertiary/aromatic N) is 3. The van der Waals surface area contributed by atoms with Crippen LogP contribution in [0.25, 0.3) is 16.5 Å². The third-order valence-electron chi connectivity index (χ3n) is 4.84. The molecule has 0 bridgehead atoms. The molecule has 1 aromatic heterocycles. The molecule has 2 aromatic carbocycles. The number of halogens is 2. The molecule has 0 saturated heterocycles. The lowest BCUT2D eigenvalue weighted by molar-refractivity contribution is 0.457. The highest BCUT2D eigenvalue weighted by Gasteiger charge is 2.23. The molecule has 1 aliphatic rings. The van der Waals surface area contributed by atoms with Crippen LogP contribution in [-0.4, -0.2) is 29.4 Å². The minimum Gasteiger partial charge on any atom is -0.375 e. The van der Waals surface area contributed by atoms with E-state index in [4.69, 9.17) is 23.2 Å². The molecule has 0 amide bonds. The molecular formula is C22H20Cl2N4O. The Kier molecular flexibility index (Phi) is 5.35. The van der Waals surface area contributed by atoms with Crippen molar-refractivity contribution in [1.29, 1.82) is 0 Å². The smallest absolute Gasteiger partial charge is 0.264 e. The Morgan fingerprint density at radius 3 is 2.59 bits per heavy atom. The van der Waals surface area contributed by atoms with E-state index in [2.05, 4.69) is 10.3 Å². The number of nitrogens with one attached hydrogen (secondary N) is 1. The minimum atomic E-state index is -0.261. The van der Waals surface area contributed by atoms with E-state index in [9.17, 15) is 4.79 Å². The van der Waals surface area contributed by atoms with Crippen LogP contribution in [0.15, 0.2) is 70.2 Å². The monoisotopic (exact) mass is 426 g/mol. The van der Waals surface area contributed by atoms with Crippen LogP contribution in [0.1, 0.15) is 18.7 Å². The van der Waals surface area contributed by atoms with Gasteiger partial charge in [-0.1, -0.05) is 53.5 Å². The Bertz CT molecular complexity index is 1180.